The number of aliphatic hydroxyl groups excluding tert-OH is 1. The minimum atomic E-state index is -0.739. The predicted molar refractivity (Wildman–Crippen MR) is 110 cm³/mol. The molecule has 3 rings (SSSR count). The fourth-order valence-corrected chi connectivity index (χ4v) is 4.25. The molecule has 154 valence electrons. The van der Waals surface area contributed by atoms with Crippen LogP contribution in [-0.2, 0) is 9.53 Å². The summed E-state index contributed by atoms with van der Waals surface area (Å²) in [5.74, 6) is -1.45. The number of rotatable bonds is 8. The van der Waals surface area contributed by atoms with Gasteiger partial charge in [0.15, 0.2) is 5.76 Å². The number of hydrogen-bond acceptors (Lipinski definition) is 7. The number of hydrogen-bond donors (Lipinski definition) is 1. The van der Waals surface area contributed by atoms with Crippen LogP contribution in [0.4, 0.5) is 0 Å². The molecule has 1 N–H and O–H groups in total. The van der Waals surface area contributed by atoms with Crippen LogP contribution < -0.4 is 0 Å². The number of amides is 1. The highest BCUT2D eigenvalue weighted by atomic mass is 32.1. The summed E-state index contributed by atoms with van der Waals surface area (Å²) < 4.78 is 5.56. The maximum atomic E-state index is 13.3. The molecule has 0 saturated carbocycles. The monoisotopic (exact) mass is 415 g/mol. The largest absolute Gasteiger partial charge is 0.503 e. The summed E-state index contributed by atoms with van der Waals surface area (Å²) in [6.45, 7) is 8.28. The third-order valence-corrected chi connectivity index (χ3v) is 5.69. The summed E-state index contributed by atoms with van der Waals surface area (Å²) >= 11 is 1.26. The zero-order chi connectivity index (χ0) is 21.1. The second kappa shape index (κ2) is 8.84. The molecule has 0 radical (unpaired) electrons. The van der Waals surface area contributed by atoms with Crippen LogP contribution in [0.25, 0.3) is 0 Å². The van der Waals surface area contributed by atoms with Gasteiger partial charge in [0.05, 0.1) is 32.9 Å². The van der Waals surface area contributed by atoms with E-state index < -0.39 is 17.7 Å². The van der Waals surface area contributed by atoms with E-state index >= 15 is 0 Å². The summed E-state index contributed by atoms with van der Waals surface area (Å²) in [4.78, 5) is 36.7. The third kappa shape index (κ3) is 4.38. The van der Waals surface area contributed by atoms with Gasteiger partial charge in [0.1, 0.15) is 6.04 Å². The molecule has 1 amide bonds. The molecular formula is C21H25N3O4S. The first-order valence-electron chi connectivity index (χ1n) is 9.56. The highest BCUT2D eigenvalue weighted by molar-refractivity contribution is 7.14. The Morgan fingerprint density at radius 3 is 2.69 bits per heavy atom. The first kappa shape index (κ1) is 21.1. The molecular weight excluding hydrogens is 390 g/mol. The van der Waals surface area contributed by atoms with Crippen molar-refractivity contribution in [2.24, 2.45) is 0 Å². The normalized spacial score (nSPS) is 16.9. The molecule has 0 aliphatic carbocycles. The minimum absolute atomic E-state index is 0.0604. The Morgan fingerprint density at radius 1 is 1.34 bits per heavy atom. The standard InChI is InChI=1S/C21H25N3O4S/c1-12(2)28-11-7-10-24-17(15-8-5-6-9-22-15)16(19(26)21(24)27)18(25)20-13(3)23-14(4)29-20/h5-6,8-9,12,17,26H,7,10-11H2,1-4H3. The first-order valence-corrected chi connectivity index (χ1v) is 10.4. The highest BCUT2D eigenvalue weighted by Crippen LogP contribution is 2.39. The fourth-order valence-electron chi connectivity index (χ4n) is 3.38. The van der Waals surface area contributed by atoms with E-state index in [1.54, 1.807) is 31.3 Å². The van der Waals surface area contributed by atoms with Crippen molar-refractivity contribution in [3.8, 4) is 0 Å². The van der Waals surface area contributed by atoms with Crippen LogP contribution >= 0.6 is 11.3 Å². The van der Waals surface area contributed by atoms with Gasteiger partial charge in [0.2, 0.25) is 5.78 Å². The molecule has 0 spiro atoms. The van der Waals surface area contributed by atoms with Crippen LogP contribution in [0.2, 0.25) is 0 Å². The molecule has 1 unspecified atom stereocenters. The maximum Gasteiger partial charge on any atom is 0.290 e. The number of carbonyl (C=O) groups excluding carboxylic acids is 2. The topological polar surface area (TPSA) is 92.6 Å². The van der Waals surface area contributed by atoms with E-state index in [4.69, 9.17) is 4.74 Å². The van der Waals surface area contributed by atoms with Gasteiger partial charge in [0.25, 0.3) is 5.91 Å². The SMILES string of the molecule is Cc1nc(C)c(C(=O)C2=C(O)C(=O)N(CCCOC(C)C)C2c2ccccn2)s1. The molecule has 1 atom stereocenters. The molecule has 2 aromatic heterocycles. The molecule has 7 nitrogen and oxygen atoms in total. The molecule has 0 saturated heterocycles. The lowest BCUT2D eigenvalue weighted by Gasteiger charge is -2.26. The van der Waals surface area contributed by atoms with Gasteiger partial charge in [-0.3, -0.25) is 14.6 Å². The molecule has 8 heteroatoms. The first-order chi connectivity index (χ1) is 13.8. The number of ether oxygens (including phenoxy) is 1. The number of ketones is 1. The number of pyridine rings is 1. The molecule has 3 heterocycles. The molecule has 1 aliphatic rings. The molecule has 2 aromatic rings. The number of thiazole rings is 1. The lowest BCUT2D eigenvalue weighted by atomic mass is 9.98. The second-order valence-electron chi connectivity index (χ2n) is 7.17. The predicted octanol–water partition coefficient (Wildman–Crippen LogP) is 3.55. The summed E-state index contributed by atoms with van der Waals surface area (Å²) in [6.07, 6.45) is 2.29. The number of aromatic nitrogens is 2. The Morgan fingerprint density at radius 2 is 2.10 bits per heavy atom. The van der Waals surface area contributed by atoms with Crippen LogP contribution in [0.15, 0.2) is 35.7 Å². The van der Waals surface area contributed by atoms with Crippen molar-refractivity contribution in [2.75, 3.05) is 13.2 Å². The van der Waals surface area contributed by atoms with Crippen LogP contribution in [0.1, 0.15) is 52.4 Å². The average molecular weight is 416 g/mol. The summed E-state index contributed by atoms with van der Waals surface area (Å²) in [5.41, 5.74) is 1.19. The Kier molecular flexibility index (Phi) is 6.44. The fraction of sp³-hybridized carbons (Fsp3) is 0.429. The van der Waals surface area contributed by atoms with Crippen LogP contribution in [0.3, 0.4) is 0 Å². The minimum Gasteiger partial charge on any atom is -0.503 e. The summed E-state index contributed by atoms with van der Waals surface area (Å²) in [6, 6.07) is 4.58. The van der Waals surface area contributed by atoms with E-state index in [1.165, 1.54) is 16.2 Å². The quantitative estimate of drug-likeness (QED) is 0.524. The highest BCUT2D eigenvalue weighted by Gasteiger charge is 2.44. The third-order valence-electron chi connectivity index (χ3n) is 4.62. The average Bonchev–Trinajstić information content (AvgIpc) is 3.15. The van der Waals surface area contributed by atoms with Crippen LogP contribution in [-0.4, -0.2) is 50.9 Å². The number of Topliss-reactive ketones (excluding diaryl/α,β-unsaturated/α-hetero) is 1. The smallest absolute Gasteiger partial charge is 0.290 e. The molecule has 0 bridgehead atoms. The van der Waals surface area contributed by atoms with Crippen molar-refractivity contribution in [2.45, 2.75) is 46.3 Å². The van der Waals surface area contributed by atoms with Crippen molar-refractivity contribution in [1.29, 1.82) is 0 Å². The van der Waals surface area contributed by atoms with Crippen molar-refractivity contribution < 1.29 is 19.4 Å². The Balaban J connectivity index is 1.95. The molecule has 0 fully saturated rings. The molecule has 1 aliphatic heterocycles. The zero-order valence-corrected chi connectivity index (χ0v) is 17.8. The lowest BCUT2D eigenvalue weighted by Crippen LogP contribution is -2.33. The van der Waals surface area contributed by atoms with E-state index in [2.05, 4.69) is 9.97 Å². The number of aryl methyl sites for hydroxylation is 2. The van der Waals surface area contributed by atoms with Gasteiger partial charge in [-0.1, -0.05) is 6.07 Å². The maximum absolute atomic E-state index is 13.3. The summed E-state index contributed by atoms with van der Waals surface area (Å²) in [7, 11) is 0. The van der Waals surface area contributed by atoms with E-state index in [-0.39, 0.29) is 17.5 Å². The van der Waals surface area contributed by atoms with Gasteiger partial charge in [0, 0.05) is 19.3 Å². The van der Waals surface area contributed by atoms with Crippen LogP contribution in [0.5, 0.6) is 0 Å². The van der Waals surface area contributed by atoms with Crippen molar-refractivity contribution >= 4 is 23.0 Å². The van der Waals surface area contributed by atoms with E-state index in [1.807, 2.05) is 20.8 Å². The van der Waals surface area contributed by atoms with E-state index in [0.29, 0.717) is 35.8 Å². The van der Waals surface area contributed by atoms with Gasteiger partial charge in [-0.05, 0) is 46.2 Å². The Bertz CT molecular complexity index is 937. The van der Waals surface area contributed by atoms with Gasteiger partial charge in [-0.2, -0.15) is 0 Å². The van der Waals surface area contributed by atoms with Crippen LogP contribution in [0, 0.1) is 13.8 Å². The summed E-state index contributed by atoms with van der Waals surface area (Å²) in [5, 5.41) is 11.4. The van der Waals surface area contributed by atoms with Gasteiger partial charge < -0.3 is 14.7 Å². The van der Waals surface area contributed by atoms with E-state index in [9.17, 15) is 14.7 Å². The van der Waals surface area contributed by atoms with Crippen molar-refractivity contribution in [3.63, 3.8) is 0 Å². The van der Waals surface area contributed by atoms with Crippen molar-refractivity contribution in [1.82, 2.24) is 14.9 Å². The van der Waals surface area contributed by atoms with Gasteiger partial charge in [-0.25, -0.2) is 4.98 Å². The van der Waals surface area contributed by atoms with Gasteiger partial charge >= 0.3 is 0 Å². The molecule has 0 aromatic carbocycles. The van der Waals surface area contributed by atoms with Gasteiger partial charge in [-0.15, -0.1) is 11.3 Å². The van der Waals surface area contributed by atoms with Crippen molar-refractivity contribution in [3.05, 3.63) is 57.0 Å². The number of carbonyl (C=O) groups is 2. The zero-order valence-electron chi connectivity index (χ0n) is 17.0. The Labute approximate surface area is 174 Å². The number of aliphatic hydroxyl groups is 1. The second-order valence-corrected chi connectivity index (χ2v) is 8.37. The number of nitrogens with zero attached hydrogens (tertiary/aromatic N) is 3. The molecule has 29 heavy (non-hydrogen) atoms. The Hall–Kier alpha value is -2.58. The lowest BCUT2D eigenvalue weighted by molar-refractivity contribution is -0.129. The van der Waals surface area contributed by atoms with E-state index in [0.717, 1.165) is 5.01 Å².